The van der Waals surface area contributed by atoms with E-state index in [1.165, 1.54) is 12.1 Å². The number of hydrogen-bond donors (Lipinski definition) is 1. The van der Waals surface area contributed by atoms with E-state index in [2.05, 4.69) is 10.5 Å². The molecule has 0 heterocycles. The molecule has 0 aliphatic heterocycles. The minimum absolute atomic E-state index is 0.103. The summed E-state index contributed by atoms with van der Waals surface area (Å²) in [5, 5.41) is 16.1. The molecule has 114 valence electrons. The van der Waals surface area contributed by atoms with Gasteiger partial charge in [0.15, 0.2) is 0 Å². The van der Waals surface area contributed by atoms with Gasteiger partial charge in [-0.3, -0.25) is 5.43 Å². The zero-order chi connectivity index (χ0) is 16.3. The molecule has 0 radical (unpaired) electrons. The highest BCUT2D eigenvalue weighted by molar-refractivity contribution is 6.42. The van der Waals surface area contributed by atoms with Crippen LogP contribution in [0.3, 0.4) is 0 Å². The van der Waals surface area contributed by atoms with Crippen LogP contribution >= 0.6 is 34.8 Å². The molecule has 0 atom stereocenters. The molecule has 2 aromatic carbocycles. The summed E-state index contributed by atoms with van der Waals surface area (Å²) in [7, 11) is 0. The lowest BCUT2D eigenvalue weighted by atomic mass is 10.1. The van der Waals surface area contributed by atoms with E-state index < -0.39 is 5.97 Å². The second-order valence-corrected chi connectivity index (χ2v) is 5.64. The third kappa shape index (κ3) is 3.91. The summed E-state index contributed by atoms with van der Waals surface area (Å²) in [6.45, 7) is 1.78. The summed E-state index contributed by atoms with van der Waals surface area (Å²) in [6, 6.07) is 9.57. The maximum absolute atomic E-state index is 10.9. The molecule has 2 aromatic rings. The van der Waals surface area contributed by atoms with E-state index >= 15 is 0 Å². The molecule has 0 fully saturated rings. The second kappa shape index (κ2) is 7.01. The first kappa shape index (κ1) is 16.6. The lowest BCUT2D eigenvalue weighted by Gasteiger charge is -2.09. The van der Waals surface area contributed by atoms with Crippen molar-refractivity contribution >= 4 is 52.2 Å². The molecule has 0 aliphatic carbocycles. The first-order valence-corrected chi connectivity index (χ1v) is 7.28. The lowest BCUT2D eigenvalue weighted by Crippen LogP contribution is -2.22. The maximum Gasteiger partial charge on any atom is 0.0731 e. The van der Waals surface area contributed by atoms with Crippen molar-refractivity contribution in [3.63, 3.8) is 0 Å². The number of carboxylic acid groups (broad SMARTS) is 1. The molecule has 7 heteroatoms. The van der Waals surface area contributed by atoms with E-state index in [1.54, 1.807) is 31.2 Å². The third-order valence-electron chi connectivity index (χ3n) is 2.88. The van der Waals surface area contributed by atoms with Crippen LogP contribution in [0.1, 0.15) is 22.8 Å². The maximum atomic E-state index is 10.9. The average molecular weight is 357 g/mol. The van der Waals surface area contributed by atoms with E-state index in [-0.39, 0.29) is 10.6 Å². The highest BCUT2D eigenvalue weighted by atomic mass is 35.5. The van der Waals surface area contributed by atoms with Crippen LogP contribution in [-0.2, 0) is 0 Å². The van der Waals surface area contributed by atoms with Gasteiger partial charge in [0.2, 0.25) is 0 Å². The van der Waals surface area contributed by atoms with Gasteiger partial charge in [-0.05, 0) is 42.8 Å². The Balaban J connectivity index is 2.22. The molecule has 0 aromatic heterocycles. The molecular weight excluding hydrogens is 347 g/mol. The Hall–Kier alpha value is -1.75. The molecule has 0 bridgehead atoms. The van der Waals surface area contributed by atoms with Crippen LogP contribution in [0.4, 0.5) is 5.69 Å². The topological polar surface area (TPSA) is 64.5 Å². The molecule has 0 saturated carbocycles. The number of hydrogen-bond acceptors (Lipinski definition) is 4. The van der Waals surface area contributed by atoms with Crippen molar-refractivity contribution in [2.45, 2.75) is 6.92 Å². The smallest absolute Gasteiger partial charge is 0.0731 e. The van der Waals surface area contributed by atoms with E-state index in [0.29, 0.717) is 21.4 Å². The largest absolute Gasteiger partial charge is 0.545 e. The number of carbonyl (C=O) groups excluding carboxylic acids is 1. The lowest BCUT2D eigenvalue weighted by molar-refractivity contribution is -0.255. The minimum Gasteiger partial charge on any atom is -0.545 e. The first-order valence-electron chi connectivity index (χ1n) is 6.15. The fourth-order valence-electron chi connectivity index (χ4n) is 1.69. The molecule has 2 rings (SSSR count). The number of hydrazone groups is 1. The number of benzene rings is 2. The number of anilines is 1. The number of rotatable bonds is 4. The Morgan fingerprint density at radius 2 is 1.73 bits per heavy atom. The van der Waals surface area contributed by atoms with Crippen LogP contribution < -0.4 is 10.5 Å². The van der Waals surface area contributed by atoms with Crippen molar-refractivity contribution in [2.75, 3.05) is 5.43 Å². The number of nitrogens with one attached hydrogen (secondary N) is 1. The predicted octanol–water partition coefficient (Wildman–Crippen LogP) is 3.85. The highest BCUT2D eigenvalue weighted by Crippen LogP contribution is 2.23. The normalized spacial score (nSPS) is 11.4. The van der Waals surface area contributed by atoms with Gasteiger partial charge >= 0.3 is 0 Å². The van der Waals surface area contributed by atoms with Crippen LogP contribution in [0.2, 0.25) is 15.1 Å². The van der Waals surface area contributed by atoms with Crippen LogP contribution in [0, 0.1) is 0 Å². The minimum atomic E-state index is -1.35. The zero-order valence-electron chi connectivity index (χ0n) is 11.4. The Bertz CT molecular complexity index is 760. The molecule has 0 unspecified atom stereocenters. The summed E-state index contributed by atoms with van der Waals surface area (Å²) in [5.74, 6) is -1.35. The molecule has 22 heavy (non-hydrogen) atoms. The summed E-state index contributed by atoms with van der Waals surface area (Å²) >= 11 is 17.6. The van der Waals surface area contributed by atoms with Crippen molar-refractivity contribution < 1.29 is 9.90 Å². The summed E-state index contributed by atoms with van der Waals surface area (Å²) in [5.41, 5.74) is 4.58. The van der Waals surface area contributed by atoms with Crippen molar-refractivity contribution in [3.8, 4) is 0 Å². The fourth-order valence-corrected chi connectivity index (χ4v) is 2.18. The first-order chi connectivity index (χ1) is 10.4. The van der Waals surface area contributed by atoms with Gasteiger partial charge in [0.05, 0.1) is 27.4 Å². The van der Waals surface area contributed by atoms with Gasteiger partial charge in [-0.2, -0.15) is 5.10 Å². The van der Waals surface area contributed by atoms with Gasteiger partial charge in [-0.15, -0.1) is 0 Å². The SMILES string of the molecule is C/C(=N/Nc1ccc(Cl)c(C(=O)[O-])c1)c1ccc(Cl)c(Cl)c1. The Morgan fingerprint density at radius 1 is 1.05 bits per heavy atom. The molecule has 0 saturated heterocycles. The van der Waals surface area contributed by atoms with Gasteiger partial charge in [0.25, 0.3) is 0 Å². The summed E-state index contributed by atoms with van der Waals surface area (Å²) in [4.78, 5) is 10.9. The number of carbonyl (C=O) groups is 1. The Labute approximate surface area is 142 Å². The quantitative estimate of drug-likeness (QED) is 0.668. The fraction of sp³-hybridized carbons (Fsp3) is 0.0667. The number of nitrogens with zero attached hydrogens (tertiary/aromatic N) is 1. The van der Waals surface area contributed by atoms with Crippen LogP contribution in [-0.4, -0.2) is 11.7 Å². The predicted molar refractivity (Wildman–Crippen MR) is 88.1 cm³/mol. The number of halogens is 3. The molecule has 4 nitrogen and oxygen atoms in total. The van der Waals surface area contributed by atoms with E-state index in [4.69, 9.17) is 34.8 Å². The standard InChI is InChI=1S/C15H11Cl3N2O2/c1-8(9-2-4-13(17)14(18)6-9)19-20-10-3-5-12(16)11(7-10)15(21)22/h2-7,20H,1H3,(H,21,22)/p-1/b19-8-. The average Bonchev–Trinajstić information content (AvgIpc) is 2.48. The van der Waals surface area contributed by atoms with Crippen molar-refractivity contribution in [2.24, 2.45) is 5.10 Å². The van der Waals surface area contributed by atoms with Gasteiger partial charge in [0, 0.05) is 10.6 Å². The molecular formula is C15H10Cl3N2O2-. The Kier molecular flexibility index (Phi) is 5.29. The van der Waals surface area contributed by atoms with Crippen molar-refractivity contribution in [1.29, 1.82) is 0 Å². The van der Waals surface area contributed by atoms with Crippen LogP contribution in [0.15, 0.2) is 41.5 Å². The van der Waals surface area contributed by atoms with Crippen molar-refractivity contribution in [1.82, 2.24) is 0 Å². The molecule has 1 N–H and O–H groups in total. The van der Waals surface area contributed by atoms with E-state index in [9.17, 15) is 9.90 Å². The Morgan fingerprint density at radius 3 is 2.36 bits per heavy atom. The molecule has 0 aliphatic rings. The van der Waals surface area contributed by atoms with E-state index in [0.717, 1.165) is 5.56 Å². The van der Waals surface area contributed by atoms with Crippen LogP contribution in [0.5, 0.6) is 0 Å². The highest BCUT2D eigenvalue weighted by Gasteiger charge is 2.04. The van der Waals surface area contributed by atoms with E-state index in [1.807, 2.05) is 0 Å². The zero-order valence-corrected chi connectivity index (χ0v) is 13.6. The van der Waals surface area contributed by atoms with Crippen LogP contribution in [0.25, 0.3) is 0 Å². The molecule has 0 amide bonds. The van der Waals surface area contributed by atoms with Gasteiger partial charge in [0.1, 0.15) is 0 Å². The number of aromatic carboxylic acids is 1. The second-order valence-electron chi connectivity index (χ2n) is 4.42. The molecule has 0 spiro atoms. The van der Waals surface area contributed by atoms with Crippen molar-refractivity contribution in [3.05, 3.63) is 62.6 Å². The number of carboxylic acids is 1. The van der Waals surface area contributed by atoms with Gasteiger partial charge < -0.3 is 9.90 Å². The summed E-state index contributed by atoms with van der Waals surface area (Å²) < 4.78 is 0. The van der Waals surface area contributed by atoms with Gasteiger partial charge in [-0.1, -0.05) is 40.9 Å². The monoisotopic (exact) mass is 355 g/mol. The van der Waals surface area contributed by atoms with Gasteiger partial charge in [-0.25, -0.2) is 0 Å². The summed E-state index contributed by atoms with van der Waals surface area (Å²) in [6.07, 6.45) is 0. The third-order valence-corrected chi connectivity index (χ3v) is 3.94.